The lowest BCUT2D eigenvalue weighted by molar-refractivity contribution is 0.415. The van der Waals surface area contributed by atoms with Crippen LogP contribution in [0.4, 0.5) is 0 Å². The maximum absolute atomic E-state index is 12.1. The quantitative estimate of drug-likeness (QED) is 0.678. The average Bonchev–Trinajstić information content (AvgIpc) is 2.42. The molecule has 21 heavy (non-hydrogen) atoms. The maximum atomic E-state index is 12.1. The molecule has 1 heterocycles. The summed E-state index contributed by atoms with van der Waals surface area (Å²) in [5, 5.41) is 1.44. The summed E-state index contributed by atoms with van der Waals surface area (Å²) >= 11 is 13.6. The Morgan fingerprint density at radius 3 is 2.43 bits per heavy atom. The number of nitrogens with zero attached hydrogens (tertiary/aromatic N) is 1. The molecule has 4 nitrogen and oxygen atoms in total. The van der Waals surface area contributed by atoms with Crippen molar-refractivity contribution in [2.75, 3.05) is 13.4 Å². The Balaban J connectivity index is 2.42. The van der Waals surface area contributed by atoms with E-state index < -0.39 is 0 Å². The molecule has 0 atom stereocenters. The van der Waals surface area contributed by atoms with E-state index in [2.05, 4.69) is 9.97 Å². The van der Waals surface area contributed by atoms with E-state index in [1.807, 2.05) is 13.2 Å². The fraction of sp³-hybridized carbons (Fsp3) is 0.286. The van der Waals surface area contributed by atoms with Crippen molar-refractivity contribution in [2.24, 2.45) is 0 Å². The zero-order valence-electron chi connectivity index (χ0n) is 11.8. The standard InChI is InChI=1S/C14H14Cl2N2O2S/c1-7-9(13(19)18-14(17-7)21-3)4-8-5-10(15)12(20-2)11(16)6-8/h5-6H,4H2,1-3H3,(H,17,18,19). The molecule has 0 radical (unpaired) electrons. The van der Waals surface area contributed by atoms with E-state index in [9.17, 15) is 4.79 Å². The maximum Gasteiger partial charge on any atom is 0.255 e. The molecule has 0 unspecified atom stereocenters. The number of ether oxygens (including phenoxy) is 1. The number of rotatable bonds is 4. The van der Waals surface area contributed by atoms with E-state index in [0.717, 1.165) is 5.56 Å². The van der Waals surface area contributed by atoms with Gasteiger partial charge in [0.15, 0.2) is 10.9 Å². The minimum absolute atomic E-state index is 0.144. The van der Waals surface area contributed by atoms with Crippen LogP contribution in [-0.2, 0) is 6.42 Å². The summed E-state index contributed by atoms with van der Waals surface area (Å²) < 4.78 is 5.11. The second kappa shape index (κ2) is 6.73. The van der Waals surface area contributed by atoms with Gasteiger partial charge in [-0.1, -0.05) is 35.0 Å². The summed E-state index contributed by atoms with van der Waals surface area (Å²) in [6.45, 7) is 1.82. The first-order chi connectivity index (χ1) is 9.96. The van der Waals surface area contributed by atoms with Crippen molar-refractivity contribution in [3.8, 4) is 5.75 Å². The normalized spacial score (nSPS) is 10.7. The number of aromatic nitrogens is 2. The topological polar surface area (TPSA) is 55.0 Å². The third kappa shape index (κ3) is 3.54. The van der Waals surface area contributed by atoms with Gasteiger partial charge < -0.3 is 9.72 Å². The molecule has 0 saturated heterocycles. The first-order valence-electron chi connectivity index (χ1n) is 6.12. The number of nitrogens with one attached hydrogen (secondary N) is 1. The lowest BCUT2D eigenvalue weighted by Crippen LogP contribution is -2.17. The molecule has 0 amide bonds. The number of hydrogen-bond donors (Lipinski definition) is 1. The van der Waals surface area contributed by atoms with Crippen LogP contribution in [0.5, 0.6) is 5.75 Å². The fourth-order valence-electron chi connectivity index (χ4n) is 2.00. The molecular weight excluding hydrogens is 331 g/mol. The Hall–Kier alpha value is -1.17. The molecule has 1 aromatic heterocycles. The van der Waals surface area contributed by atoms with Gasteiger partial charge in [-0.05, 0) is 30.9 Å². The van der Waals surface area contributed by atoms with E-state index in [1.54, 1.807) is 12.1 Å². The number of methoxy groups -OCH3 is 1. The molecule has 0 aliphatic heterocycles. The van der Waals surface area contributed by atoms with Crippen LogP contribution in [0.1, 0.15) is 16.8 Å². The summed E-state index contributed by atoms with van der Waals surface area (Å²) in [4.78, 5) is 19.2. The van der Waals surface area contributed by atoms with Crippen molar-refractivity contribution in [3.63, 3.8) is 0 Å². The van der Waals surface area contributed by atoms with Crippen molar-refractivity contribution < 1.29 is 4.74 Å². The largest absolute Gasteiger partial charge is 0.494 e. The van der Waals surface area contributed by atoms with Gasteiger partial charge in [-0.15, -0.1) is 0 Å². The van der Waals surface area contributed by atoms with E-state index in [0.29, 0.717) is 38.6 Å². The first kappa shape index (κ1) is 16.2. The lowest BCUT2D eigenvalue weighted by atomic mass is 10.0. The molecule has 1 aromatic carbocycles. The smallest absolute Gasteiger partial charge is 0.255 e. The summed E-state index contributed by atoms with van der Waals surface area (Å²) in [5.41, 5.74) is 1.99. The molecule has 1 N–H and O–H groups in total. The van der Waals surface area contributed by atoms with Crippen LogP contribution in [0.2, 0.25) is 10.0 Å². The monoisotopic (exact) mass is 344 g/mol. The zero-order valence-corrected chi connectivity index (χ0v) is 14.1. The molecule has 112 valence electrons. The Morgan fingerprint density at radius 1 is 1.33 bits per heavy atom. The summed E-state index contributed by atoms with van der Waals surface area (Å²) in [5.74, 6) is 0.434. The highest BCUT2D eigenvalue weighted by Crippen LogP contribution is 2.34. The Labute approximate surface area is 136 Å². The van der Waals surface area contributed by atoms with Gasteiger partial charge in [0.2, 0.25) is 0 Å². The van der Waals surface area contributed by atoms with Gasteiger partial charge in [0.1, 0.15) is 0 Å². The molecule has 0 saturated carbocycles. The molecule has 0 fully saturated rings. The minimum atomic E-state index is -0.144. The van der Waals surface area contributed by atoms with Gasteiger partial charge in [-0.25, -0.2) is 4.98 Å². The molecule has 0 spiro atoms. The number of benzene rings is 1. The molecule has 2 rings (SSSR count). The highest BCUT2D eigenvalue weighted by Gasteiger charge is 2.13. The SMILES string of the molecule is COc1c(Cl)cc(Cc2c(C)nc(SC)[nH]c2=O)cc1Cl. The van der Waals surface area contributed by atoms with E-state index in [4.69, 9.17) is 27.9 Å². The van der Waals surface area contributed by atoms with Gasteiger partial charge in [-0.2, -0.15) is 0 Å². The van der Waals surface area contributed by atoms with Crippen molar-refractivity contribution >= 4 is 35.0 Å². The first-order valence-corrected chi connectivity index (χ1v) is 8.10. The molecule has 0 aliphatic carbocycles. The minimum Gasteiger partial charge on any atom is -0.494 e. The molecular formula is C14H14Cl2N2O2S. The lowest BCUT2D eigenvalue weighted by Gasteiger charge is -2.10. The number of thioether (sulfide) groups is 1. The van der Waals surface area contributed by atoms with Gasteiger partial charge in [-0.3, -0.25) is 4.79 Å². The zero-order chi connectivity index (χ0) is 15.6. The second-order valence-electron chi connectivity index (χ2n) is 4.41. The van der Waals surface area contributed by atoms with Crippen LogP contribution in [0, 0.1) is 6.92 Å². The molecule has 7 heteroatoms. The van der Waals surface area contributed by atoms with Crippen LogP contribution < -0.4 is 10.3 Å². The highest BCUT2D eigenvalue weighted by atomic mass is 35.5. The number of aryl methyl sites for hydroxylation is 1. The molecule has 2 aromatic rings. The van der Waals surface area contributed by atoms with Crippen molar-refractivity contribution in [1.29, 1.82) is 0 Å². The van der Waals surface area contributed by atoms with E-state index in [1.165, 1.54) is 18.9 Å². The molecule has 0 aliphatic rings. The van der Waals surface area contributed by atoms with Gasteiger partial charge in [0.25, 0.3) is 5.56 Å². The number of aromatic amines is 1. The van der Waals surface area contributed by atoms with Crippen LogP contribution in [0.15, 0.2) is 22.1 Å². The summed E-state index contributed by atoms with van der Waals surface area (Å²) in [6, 6.07) is 3.49. The third-order valence-electron chi connectivity index (χ3n) is 3.04. The van der Waals surface area contributed by atoms with Crippen molar-refractivity contribution in [3.05, 3.63) is 49.4 Å². The second-order valence-corrected chi connectivity index (χ2v) is 6.02. The number of halogens is 2. The van der Waals surface area contributed by atoms with E-state index in [-0.39, 0.29) is 5.56 Å². The van der Waals surface area contributed by atoms with Crippen molar-refractivity contribution in [1.82, 2.24) is 9.97 Å². The van der Waals surface area contributed by atoms with Crippen LogP contribution in [-0.4, -0.2) is 23.3 Å². The Morgan fingerprint density at radius 2 is 1.95 bits per heavy atom. The fourth-order valence-corrected chi connectivity index (χ4v) is 3.11. The predicted molar refractivity (Wildman–Crippen MR) is 87.2 cm³/mol. The number of hydrogen-bond acceptors (Lipinski definition) is 4. The van der Waals surface area contributed by atoms with Gasteiger partial charge >= 0.3 is 0 Å². The third-order valence-corrected chi connectivity index (χ3v) is 4.18. The van der Waals surface area contributed by atoms with Gasteiger partial charge in [0.05, 0.1) is 17.2 Å². The van der Waals surface area contributed by atoms with Crippen LogP contribution in [0.3, 0.4) is 0 Å². The summed E-state index contributed by atoms with van der Waals surface area (Å²) in [7, 11) is 1.51. The molecule has 0 bridgehead atoms. The van der Waals surface area contributed by atoms with Crippen LogP contribution in [0.25, 0.3) is 0 Å². The summed E-state index contributed by atoms with van der Waals surface area (Å²) in [6.07, 6.45) is 2.27. The highest BCUT2D eigenvalue weighted by molar-refractivity contribution is 7.98. The number of H-pyrrole nitrogens is 1. The van der Waals surface area contributed by atoms with Gasteiger partial charge in [0, 0.05) is 17.7 Å². The Kier molecular flexibility index (Phi) is 5.19. The van der Waals surface area contributed by atoms with Crippen LogP contribution >= 0.6 is 35.0 Å². The Bertz CT molecular complexity index is 708. The van der Waals surface area contributed by atoms with Crippen molar-refractivity contribution in [2.45, 2.75) is 18.5 Å². The average molecular weight is 345 g/mol. The predicted octanol–water partition coefficient (Wildman–Crippen LogP) is 3.71. The van der Waals surface area contributed by atoms with E-state index >= 15 is 0 Å².